The first-order valence-corrected chi connectivity index (χ1v) is 8.11. The molecule has 0 aliphatic heterocycles. The van der Waals surface area contributed by atoms with Crippen LogP contribution in [0.4, 0.5) is 0 Å². The minimum atomic E-state index is -0.752. The van der Waals surface area contributed by atoms with Crippen LogP contribution < -0.4 is 5.32 Å². The van der Waals surface area contributed by atoms with Crippen molar-refractivity contribution in [3.63, 3.8) is 0 Å². The molecular weight excluding hydrogens is 290 g/mol. The maximum atomic E-state index is 12.1. The third-order valence-corrected chi connectivity index (χ3v) is 4.60. The molecule has 0 unspecified atom stereocenters. The highest BCUT2D eigenvalue weighted by Crippen LogP contribution is 2.25. The van der Waals surface area contributed by atoms with E-state index < -0.39 is 5.97 Å². The van der Waals surface area contributed by atoms with Gasteiger partial charge in [0.05, 0.1) is 5.92 Å². The molecule has 0 heterocycles. The molecule has 1 aliphatic rings. The normalized spacial score (nSPS) is 20.5. The van der Waals surface area contributed by atoms with Crippen molar-refractivity contribution in [1.29, 1.82) is 0 Å². The zero-order valence-corrected chi connectivity index (χ0v) is 13.0. The van der Waals surface area contributed by atoms with Gasteiger partial charge in [0.15, 0.2) is 0 Å². The van der Waals surface area contributed by atoms with Crippen molar-refractivity contribution in [3.05, 3.63) is 48.0 Å². The molecule has 0 bridgehead atoms. The van der Waals surface area contributed by atoms with E-state index in [1.165, 1.54) is 10.8 Å². The van der Waals surface area contributed by atoms with Crippen molar-refractivity contribution in [2.75, 3.05) is 0 Å². The van der Waals surface area contributed by atoms with Gasteiger partial charge < -0.3 is 10.4 Å². The number of amides is 1. The van der Waals surface area contributed by atoms with Crippen LogP contribution in [0, 0.1) is 5.92 Å². The molecule has 23 heavy (non-hydrogen) atoms. The van der Waals surface area contributed by atoms with Crippen LogP contribution in [-0.2, 0) is 16.0 Å². The van der Waals surface area contributed by atoms with Crippen LogP contribution in [0.15, 0.2) is 42.5 Å². The average Bonchev–Trinajstić information content (AvgIpc) is 3.01. The van der Waals surface area contributed by atoms with E-state index in [-0.39, 0.29) is 17.9 Å². The molecule has 4 nitrogen and oxygen atoms in total. The Morgan fingerprint density at radius 3 is 2.61 bits per heavy atom. The third kappa shape index (κ3) is 3.89. The number of carbonyl (C=O) groups excluding carboxylic acids is 1. The number of fused-ring (bicyclic) bond motifs is 1. The van der Waals surface area contributed by atoms with Gasteiger partial charge in [0, 0.05) is 12.5 Å². The Bertz CT molecular complexity index is 725. The molecule has 2 N–H and O–H groups in total. The molecule has 0 saturated heterocycles. The molecule has 0 aromatic heterocycles. The van der Waals surface area contributed by atoms with Crippen LogP contribution in [0.1, 0.15) is 31.2 Å². The van der Waals surface area contributed by atoms with Crippen molar-refractivity contribution in [3.8, 4) is 0 Å². The topological polar surface area (TPSA) is 66.4 Å². The fourth-order valence-corrected chi connectivity index (χ4v) is 3.29. The summed E-state index contributed by atoms with van der Waals surface area (Å²) in [6.07, 6.45) is 3.11. The van der Waals surface area contributed by atoms with Crippen molar-refractivity contribution in [2.24, 2.45) is 5.92 Å². The quantitative estimate of drug-likeness (QED) is 0.891. The number of carboxylic acid groups (broad SMARTS) is 1. The molecule has 1 fully saturated rings. The summed E-state index contributed by atoms with van der Waals surface area (Å²) >= 11 is 0. The van der Waals surface area contributed by atoms with E-state index in [1.807, 2.05) is 12.1 Å². The Kier molecular flexibility index (Phi) is 4.60. The number of carbonyl (C=O) groups is 2. The van der Waals surface area contributed by atoms with Gasteiger partial charge in [0.2, 0.25) is 5.91 Å². The van der Waals surface area contributed by atoms with Gasteiger partial charge in [-0.2, -0.15) is 0 Å². The average molecular weight is 311 g/mol. The number of rotatable bonds is 5. The Labute approximate surface area is 135 Å². The smallest absolute Gasteiger partial charge is 0.306 e. The highest BCUT2D eigenvalue weighted by molar-refractivity contribution is 5.83. The summed E-state index contributed by atoms with van der Waals surface area (Å²) in [5.74, 6) is -1.05. The summed E-state index contributed by atoms with van der Waals surface area (Å²) in [7, 11) is 0. The van der Waals surface area contributed by atoms with E-state index in [9.17, 15) is 9.59 Å². The number of carboxylic acids is 1. The van der Waals surface area contributed by atoms with Gasteiger partial charge in [-0.05, 0) is 42.0 Å². The predicted octanol–water partition coefficient (Wildman–Crippen LogP) is 3.14. The van der Waals surface area contributed by atoms with Crippen LogP contribution >= 0.6 is 0 Å². The fraction of sp³-hybridized carbons (Fsp3) is 0.368. The zero-order chi connectivity index (χ0) is 16.2. The van der Waals surface area contributed by atoms with E-state index in [0.717, 1.165) is 12.0 Å². The second-order valence-electron chi connectivity index (χ2n) is 6.29. The molecule has 1 amide bonds. The second kappa shape index (κ2) is 6.82. The van der Waals surface area contributed by atoms with Gasteiger partial charge in [-0.25, -0.2) is 0 Å². The predicted molar refractivity (Wildman–Crippen MR) is 89.2 cm³/mol. The molecule has 0 spiro atoms. The molecule has 2 atom stereocenters. The molecule has 120 valence electrons. The summed E-state index contributed by atoms with van der Waals surface area (Å²) in [6, 6.07) is 14.5. The van der Waals surface area contributed by atoms with E-state index in [1.54, 1.807) is 0 Å². The zero-order valence-electron chi connectivity index (χ0n) is 13.0. The Balaban J connectivity index is 1.51. The molecule has 3 rings (SSSR count). The van der Waals surface area contributed by atoms with Crippen LogP contribution in [0.5, 0.6) is 0 Å². The Hall–Kier alpha value is -2.36. The maximum Gasteiger partial charge on any atom is 0.306 e. The van der Waals surface area contributed by atoms with Crippen LogP contribution in [0.3, 0.4) is 0 Å². The molecule has 0 radical (unpaired) electrons. The summed E-state index contributed by atoms with van der Waals surface area (Å²) in [5.41, 5.74) is 1.15. The summed E-state index contributed by atoms with van der Waals surface area (Å²) in [4.78, 5) is 23.0. The van der Waals surface area contributed by atoms with E-state index in [0.29, 0.717) is 25.7 Å². The van der Waals surface area contributed by atoms with E-state index in [2.05, 4.69) is 35.6 Å². The molecule has 1 saturated carbocycles. The minimum absolute atomic E-state index is 0.00852. The highest BCUT2D eigenvalue weighted by Gasteiger charge is 2.30. The lowest BCUT2D eigenvalue weighted by Gasteiger charge is -2.12. The van der Waals surface area contributed by atoms with Gasteiger partial charge in [-0.3, -0.25) is 9.59 Å². The van der Waals surface area contributed by atoms with E-state index >= 15 is 0 Å². The van der Waals surface area contributed by atoms with Crippen LogP contribution in [0.2, 0.25) is 0 Å². The summed E-state index contributed by atoms with van der Waals surface area (Å²) < 4.78 is 0. The Morgan fingerprint density at radius 1 is 1.09 bits per heavy atom. The summed E-state index contributed by atoms with van der Waals surface area (Å²) in [5, 5.41) is 14.3. The number of hydrogen-bond donors (Lipinski definition) is 2. The number of nitrogens with one attached hydrogen (secondary N) is 1. The first kappa shape index (κ1) is 15.5. The lowest BCUT2D eigenvalue weighted by atomic mass is 10.0. The first-order valence-electron chi connectivity index (χ1n) is 8.11. The van der Waals surface area contributed by atoms with Crippen molar-refractivity contribution < 1.29 is 14.7 Å². The first-order chi connectivity index (χ1) is 11.1. The second-order valence-corrected chi connectivity index (χ2v) is 6.29. The highest BCUT2D eigenvalue weighted by atomic mass is 16.4. The standard InChI is InChI=1S/C19H21NO3/c21-18(20-17-9-8-16(12-17)19(22)23)10-6-13-5-7-14-3-1-2-4-15(14)11-13/h1-5,7,11,16-17H,6,8-10,12H2,(H,20,21)(H,22,23)/t16-,17+/m1/s1. The molecule has 2 aromatic rings. The minimum Gasteiger partial charge on any atom is -0.481 e. The van der Waals surface area contributed by atoms with Gasteiger partial charge in [-0.15, -0.1) is 0 Å². The largest absolute Gasteiger partial charge is 0.481 e. The lowest BCUT2D eigenvalue weighted by Crippen LogP contribution is -2.33. The van der Waals surface area contributed by atoms with Crippen molar-refractivity contribution in [1.82, 2.24) is 5.32 Å². The third-order valence-electron chi connectivity index (χ3n) is 4.60. The summed E-state index contributed by atoms with van der Waals surface area (Å²) in [6.45, 7) is 0. The molecular formula is C19H21NO3. The van der Waals surface area contributed by atoms with Crippen LogP contribution in [-0.4, -0.2) is 23.0 Å². The molecule has 1 aliphatic carbocycles. The van der Waals surface area contributed by atoms with Gasteiger partial charge in [-0.1, -0.05) is 42.5 Å². The molecule has 2 aromatic carbocycles. The number of hydrogen-bond acceptors (Lipinski definition) is 2. The maximum absolute atomic E-state index is 12.1. The number of aryl methyl sites for hydroxylation is 1. The number of aliphatic carboxylic acids is 1. The molecule has 4 heteroatoms. The SMILES string of the molecule is O=C(CCc1ccc2ccccc2c1)N[C@H]1CC[C@@H](C(=O)O)C1. The van der Waals surface area contributed by atoms with Crippen molar-refractivity contribution in [2.45, 2.75) is 38.1 Å². The monoisotopic (exact) mass is 311 g/mol. The lowest BCUT2D eigenvalue weighted by molar-refractivity contribution is -0.141. The fourth-order valence-electron chi connectivity index (χ4n) is 3.29. The Morgan fingerprint density at radius 2 is 1.87 bits per heavy atom. The van der Waals surface area contributed by atoms with E-state index in [4.69, 9.17) is 5.11 Å². The number of benzene rings is 2. The van der Waals surface area contributed by atoms with Crippen LogP contribution in [0.25, 0.3) is 10.8 Å². The van der Waals surface area contributed by atoms with Gasteiger partial charge >= 0.3 is 5.97 Å². The van der Waals surface area contributed by atoms with Crippen molar-refractivity contribution >= 4 is 22.6 Å². The van der Waals surface area contributed by atoms with Gasteiger partial charge in [0.25, 0.3) is 0 Å². The van der Waals surface area contributed by atoms with Gasteiger partial charge in [0.1, 0.15) is 0 Å².